The van der Waals surface area contributed by atoms with E-state index in [1.165, 1.54) is 10.3 Å². The molecular weight excluding hydrogens is 268 g/mol. The molecule has 104 valence electrons. The van der Waals surface area contributed by atoms with E-state index in [1.807, 2.05) is 24.8 Å². The molecule has 5 heteroatoms. The van der Waals surface area contributed by atoms with Crippen LogP contribution in [0.25, 0.3) is 10.2 Å². The number of rotatable bonds is 4. The van der Waals surface area contributed by atoms with E-state index in [1.54, 1.807) is 11.3 Å². The van der Waals surface area contributed by atoms with Gasteiger partial charge < -0.3 is 5.32 Å². The van der Waals surface area contributed by atoms with Crippen LogP contribution in [0.1, 0.15) is 22.3 Å². The van der Waals surface area contributed by atoms with Crippen molar-refractivity contribution in [3.8, 4) is 0 Å². The Hall–Kier alpha value is -1.72. The van der Waals surface area contributed by atoms with Crippen molar-refractivity contribution in [3.63, 3.8) is 0 Å². The van der Waals surface area contributed by atoms with Gasteiger partial charge in [-0.3, -0.25) is 4.68 Å². The summed E-state index contributed by atoms with van der Waals surface area (Å²) in [6.07, 6.45) is 2.98. The summed E-state index contributed by atoms with van der Waals surface area (Å²) in [5.74, 6) is 0. The van der Waals surface area contributed by atoms with Crippen LogP contribution in [0.15, 0.2) is 30.5 Å². The number of thiazole rings is 1. The molecule has 0 bridgehead atoms. The Bertz CT molecular complexity index is 695. The highest BCUT2D eigenvalue weighted by molar-refractivity contribution is 7.18. The molecule has 1 unspecified atom stereocenters. The smallest absolute Gasteiger partial charge is 0.0957 e. The first-order chi connectivity index (χ1) is 9.67. The van der Waals surface area contributed by atoms with Gasteiger partial charge in [-0.15, -0.1) is 11.3 Å². The maximum absolute atomic E-state index is 4.71. The van der Waals surface area contributed by atoms with Crippen LogP contribution in [-0.4, -0.2) is 21.8 Å². The van der Waals surface area contributed by atoms with Gasteiger partial charge in [-0.05, 0) is 26.1 Å². The lowest BCUT2D eigenvalue weighted by atomic mass is 10.1. The molecule has 0 spiro atoms. The summed E-state index contributed by atoms with van der Waals surface area (Å²) in [7, 11) is 3.95. The number of benzene rings is 1. The number of hydrogen-bond acceptors (Lipinski definition) is 4. The molecule has 3 aromatic rings. The second-order valence-electron chi connectivity index (χ2n) is 4.96. The summed E-state index contributed by atoms with van der Waals surface area (Å²) >= 11 is 1.77. The number of nitrogens with zero attached hydrogens (tertiary/aromatic N) is 3. The van der Waals surface area contributed by atoms with Gasteiger partial charge in [0.1, 0.15) is 0 Å². The fraction of sp³-hybridized carbons (Fsp3) is 0.333. The molecule has 2 heterocycles. The Labute approximate surface area is 122 Å². The van der Waals surface area contributed by atoms with E-state index in [0.29, 0.717) is 0 Å². The standard InChI is InChI=1S/C15H18N4S/c1-10-11(9-19(3)18-10)13(16-2)8-15-17-12-6-4-5-7-14(12)20-15/h4-7,9,13,16H,8H2,1-3H3. The van der Waals surface area contributed by atoms with Gasteiger partial charge in [0.2, 0.25) is 0 Å². The van der Waals surface area contributed by atoms with Crippen molar-refractivity contribution in [2.24, 2.45) is 7.05 Å². The van der Waals surface area contributed by atoms with Crippen molar-refractivity contribution in [1.29, 1.82) is 0 Å². The fourth-order valence-electron chi connectivity index (χ4n) is 2.51. The normalized spacial score (nSPS) is 12.9. The molecule has 0 amide bonds. The minimum atomic E-state index is 0.254. The van der Waals surface area contributed by atoms with E-state index in [-0.39, 0.29) is 6.04 Å². The molecule has 0 aliphatic heterocycles. The third-order valence-electron chi connectivity index (χ3n) is 3.49. The molecule has 1 aromatic carbocycles. The second kappa shape index (κ2) is 5.34. The number of hydrogen-bond donors (Lipinski definition) is 1. The number of nitrogens with one attached hydrogen (secondary N) is 1. The van der Waals surface area contributed by atoms with Gasteiger partial charge in [0.15, 0.2) is 0 Å². The van der Waals surface area contributed by atoms with Crippen LogP contribution in [0, 0.1) is 6.92 Å². The van der Waals surface area contributed by atoms with Gasteiger partial charge in [-0.25, -0.2) is 4.98 Å². The molecule has 3 rings (SSSR count). The number of para-hydroxylation sites is 1. The average molecular weight is 286 g/mol. The first-order valence-electron chi connectivity index (χ1n) is 6.69. The van der Waals surface area contributed by atoms with Crippen LogP contribution < -0.4 is 5.32 Å². The number of fused-ring (bicyclic) bond motifs is 1. The zero-order valence-electron chi connectivity index (χ0n) is 11.9. The van der Waals surface area contributed by atoms with E-state index < -0.39 is 0 Å². The van der Waals surface area contributed by atoms with Crippen LogP contribution in [0.5, 0.6) is 0 Å². The van der Waals surface area contributed by atoms with E-state index in [2.05, 4.69) is 41.7 Å². The summed E-state index contributed by atoms with van der Waals surface area (Å²) in [5, 5.41) is 8.96. The molecule has 0 fully saturated rings. The summed E-state index contributed by atoms with van der Waals surface area (Å²) in [6.45, 7) is 2.05. The molecule has 2 aromatic heterocycles. The van der Waals surface area contributed by atoms with Gasteiger partial charge in [-0.2, -0.15) is 5.10 Å². The van der Waals surface area contributed by atoms with E-state index in [0.717, 1.165) is 22.6 Å². The second-order valence-corrected chi connectivity index (χ2v) is 6.08. The number of aryl methyl sites for hydroxylation is 2. The van der Waals surface area contributed by atoms with E-state index in [9.17, 15) is 0 Å². The van der Waals surface area contributed by atoms with Crippen LogP contribution >= 0.6 is 11.3 Å². The molecule has 0 aliphatic carbocycles. The van der Waals surface area contributed by atoms with Gasteiger partial charge in [0, 0.05) is 31.3 Å². The van der Waals surface area contributed by atoms with Crippen molar-refractivity contribution in [3.05, 3.63) is 46.7 Å². The fourth-order valence-corrected chi connectivity index (χ4v) is 3.52. The molecule has 1 N–H and O–H groups in total. The molecule has 0 saturated carbocycles. The number of aromatic nitrogens is 3. The zero-order chi connectivity index (χ0) is 14.1. The molecular formula is C15H18N4S. The van der Waals surface area contributed by atoms with Crippen LogP contribution in [0.3, 0.4) is 0 Å². The predicted octanol–water partition coefficient (Wildman–Crippen LogP) is 2.84. The predicted molar refractivity (Wildman–Crippen MR) is 83.1 cm³/mol. The summed E-state index contributed by atoms with van der Waals surface area (Å²) in [6, 6.07) is 8.54. The maximum atomic E-state index is 4.71. The highest BCUT2D eigenvalue weighted by Crippen LogP contribution is 2.26. The van der Waals surface area contributed by atoms with E-state index in [4.69, 9.17) is 4.98 Å². The Morgan fingerprint density at radius 1 is 1.35 bits per heavy atom. The van der Waals surface area contributed by atoms with E-state index >= 15 is 0 Å². The Morgan fingerprint density at radius 2 is 2.15 bits per heavy atom. The summed E-state index contributed by atoms with van der Waals surface area (Å²) in [5.41, 5.74) is 3.41. The maximum Gasteiger partial charge on any atom is 0.0957 e. The SMILES string of the molecule is CNC(Cc1nc2ccccc2s1)c1cn(C)nc1C. The zero-order valence-corrected chi connectivity index (χ0v) is 12.7. The Balaban J connectivity index is 1.89. The van der Waals surface area contributed by atoms with Crippen molar-refractivity contribution < 1.29 is 0 Å². The molecule has 0 radical (unpaired) electrons. The number of likely N-dealkylation sites (N-methyl/N-ethyl adjacent to an activating group) is 1. The summed E-state index contributed by atoms with van der Waals surface area (Å²) < 4.78 is 3.12. The lowest BCUT2D eigenvalue weighted by Crippen LogP contribution is -2.19. The largest absolute Gasteiger partial charge is 0.313 e. The molecule has 0 saturated heterocycles. The van der Waals surface area contributed by atoms with Crippen molar-refractivity contribution in [2.75, 3.05) is 7.05 Å². The highest BCUT2D eigenvalue weighted by atomic mass is 32.1. The van der Waals surface area contributed by atoms with Gasteiger partial charge in [0.25, 0.3) is 0 Å². The first kappa shape index (κ1) is 13.3. The Morgan fingerprint density at radius 3 is 2.80 bits per heavy atom. The van der Waals surface area contributed by atoms with Crippen LogP contribution in [0.2, 0.25) is 0 Å². The van der Waals surface area contributed by atoms with Crippen molar-refractivity contribution >= 4 is 21.6 Å². The van der Waals surface area contributed by atoms with Crippen LogP contribution in [0.4, 0.5) is 0 Å². The summed E-state index contributed by atoms with van der Waals surface area (Å²) in [4.78, 5) is 4.71. The Kier molecular flexibility index (Phi) is 3.54. The molecule has 4 nitrogen and oxygen atoms in total. The van der Waals surface area contributed by atoms with Gasteiger partial charge in [0.05, 0.1) is 20.9 Å². The van der Waals surface area contributed by atoms with Crippen LogP contribution in [-0.2, 0) is 13.5 Å². The monoisotopic (exact) mass is 286 g/mol. The third kappa shape index (κ3) is 2.46. The quantitative estimate of drug-likeness (QED) is 0.802. The average Bonchev–Trinajstić information content (AvgIpc) is 2.98. The minimum Gasteiger partial charge on any atom is -0.313 e. The minimum absolute atomic E-state index is 0.254. The molecule has 1 atom stereocenters. The van der Waals surface area contributed by atoms with Gasteiger partial charge >= 0.3 is 0 Å². The van der Waals surface area contributed by atoms with Gasteiger partial charge in [-0.1, -0.05) is 12.1 Å². The lowest BCUT2D eigenvalue weighted by Gasteiger charge is -2.13. The lowest BCUT2D eigenvalue weighted by molar-refractivity contribution is 0.587. The van der Waals surface area contributed by atoms with Crippen molar-refractivity contribution in [2.45, 2.75) is 19.4 Å². The van der Waals surface area contributed by atoms with Crippen molar-refractivity contribution in [1.82, 2.24) is 20.1 Å². The highest BCUT2D eigenvalue weighted by Gasteiger charge is 2.17. The first-order valence-corrected chi connectivity index (χ1v) is 7.51. The topological polar surface area (TPSA) is 42.7 Å². The molecule has 0 aliphatic rings. The molecule has 20 heavy (non-hydrogen) atoms. The third-order valence-corrected chi connectivity index (χ3v) is 4.55.